The van der Waals surface area contributed by atoms with Crippen LogP contribution in [0.3, 0.4) is 0 Å². The minimum atomic E-state index is 0.393. The minimum Gasteiger partial charge on any atom is -0.343 e. The lowest BCUT2D eigenvalue weighted by Crippen LogP contribution is -2.44. The highest BCUT2D eigenvalue weighted by Crippen LogP contribution is 2.37. The van der Waals surface area contributed by atoms with Gasteiger partial charge < -0.3 is 9.84 Å². The maximum Gasteiger partial charge on any atom is 0.213 e. The summed E-state index contributed by atoms with van der Waals surface area (Å²) >= 11 is 0. The van der Waals surface area contributed by atoms with Gasteiger partial charge in [-0.2, -0.15) is 4.98 Å². The first-order chi connectivity index (χ1) is 8.57. The van der Waals surface area contributed by atoms with Crippen LogP contribution in [0.4, 0.5) is 0 Å². The Morgan fingerprint density at radius 2 is 2.11 bits per heavy atom. The summed E-state index contributed by atoms with van der Waals surface area (Å²) in [4.78, 5) is 4.05. The number of rotatable bonds is 4. The fourth-order valence-electron chi connectivity index (χ4n) is 3.08. The molecule has 0 saturated heterocycles. The summed E-state index contributed by atoms with van der Waals surface area (Å²) < 4.78 is 4.74. The molecule has 1 aliphatic carbocycles. The molecule has 1 aromatic heterocycles. The molecule has 102 valence electrons. The molecule has 1 heterocycles. The Labute approximate surface area is 110 Å². The van der Waals surface area contributed by atoms with Crippen LogP contribution in [0, 0.1) is 11.3 Å². The van der Waals surface area contributed by atoms with Crippen molar-refractivity contribution >= 4 is 0 Å². The molecular weight excluding hydrogens is 226 g/mol. The Morgan fingerprint density at radius 1 is 1.33 bits per heavy atom. The van der Waals surface area contributed by atoms with E-state index in [4.69, 9.17) is 4.52 Å². The van der Waals surface area contributed by atoms with Gasteiger partial charge in [-0.15, -0.1) is 0 Å². The van der Waals surface area contributed by atoms with Gasteiger partial charge in [0.1, 0.15) is 0 Å². The molecule has 0 aromatic carbocycles. The van der Waals surface area contributed by atoms with Gasteiger partial charge in [-0.3, -0.25) is 0 Å². The Kier molecular flexibility index (Phi) is 4.38. The van der Waals surface area contributed by atoms with Crippen molar-refractivity contribution in [1.82, 2.24) is 15.5 Å². The smallest absolute Gasteiger partial charge is 0.213 e. The molecule has 2 atom stereocenters. The van der Waals surface area contributed by atoms with Gasteiger partial charge in [0.25, 0.3) is 0 Å². The van der Waals surface area contributed by atoms with Crippen LogP contribution < -0.4 is 5.32 Å². The molecule has 0 spiro atoms. The molecule has 1 aliphatic rings. The van der Waals surface area contributed by atoms with Gasteiger partial charge in [0.15, 0.2) is 5.82 Å². The molecule has 0 bridgehead atoms. The first-order valence-electron chi connectivity index (χ1n) is 7.06. The van der Waals surface area contributed by atoms with Gasteiger partial charge in [-0.05, 0) is 24.2 Å². The number of aromatic nitrogens is 2. The zero-order valence-electron chi connectivity index (χ0n) is 11.8. The summed E-state index contributed by atoms with van der Waals surface area (Å²) in [6, 6.07) is 0.644. The van der Waals surface area contributed by atoms with Gasteiger partial charge in [-0.1, -0.05) is 38.8 Å². The van der Waals surface area contributed by atoms with Crippen LogP contribution in [0.15, 0.2) is 10.9 Å². The Morgan fingerprint density at radius 3 is 2.78 bits per heavy atom. The van der Waals surface area contributed by atoms with Crippen LogP contribution in [0.5, 0.6) is 0 Å². The van der Waals surface area contributed by atoms with E-state index in [1.54, 1.807) is 0 Å². The van der Waals surface area contributed by atoms with Crippen molar-refractivity contribution in [3.8, 4) is 0 Å². The lowest BCUT2D eigenvalue weighted by Gasteiger charge is -2.41. The molecule has 2 unspecified atom stereocenters. The highest BCUT2D eigenvalue weighted by molar-refractivity contribution is 4.89. The molecule has 2 rings (SSSR count). The lowest BCUT2D eigenvalue weighted by atomic mass is 9.69. The summed E-state index contributed by atoms with van der Waals surface area (Å²) in [7, 11) is 0. The number of nitrogens with one attached hydrogen (secondary N) is 1. The second-order valence-electron chi connectivity index (χ2n) is 6.42. The van der Waals surface area contributed by atoms with Crippen LogP contribution in [-0.2, 0) is 6.42 Å². The van der Waals surface area contributed by atoms with E-state index in [1.165, 1.54) is 32.1 Å². The Balaban J connectivity index is 1.82. The third kappa shape index (κ3) is 3.55. The summed E-state index contributed by atoms with van der Waals surface area (Å²) in [5.41, 5.74) is 0.393. The monoisotopic (exact) mass is 251 g/mol. The average Bonchev–Trinajstić information content (AvgIpc) is 2.81. The largest absolute Gasteiger partial charge is 0.343 e. The third-order valence-corrected chi connectivity index (χ3v) is 4.04. The van der Waals surface area contributed by atoms with Gasteiger partial charge in [0, 0.05) is 19.0 Å². The normalized spacial score (nSPS) is 25.3. The van der Waals surface area contributed by atoms with E-state index in [-0.39, 0.29) is 0 Å². The molecule has 1 N–H and O–H groups in total. The van der Waals surface area contributed by atoms with Crippen LogP contribution in [-0.4, -0.2) is 22.7 Å². The SMILES string of the molecule is CC(C)(C)C1CCCCC1NCCc1ncon1. The molecule has 4 heteroatoms. The molecule has 1 aromatic rings. The van der Waals surface area contributed by atoms with E-state index in [0.29, 0.717) is 11.5 Å². The van der Waals surface area contributed by atoms with Crippen LogP contribution in [0.25, 0.3) is 0 Å². The van der Waals surface area contributed by atoms with E-state index < -0.39 is 0 Å². The van der Waals surface area contributed by atoms with Gasteiger partial charge in [-0.25, -0.2) is 0 Å². The highest BCUT2D eigenvalue weighted by atomic mass is 16.5. The molecule has 0 aliphatic heterocycles. The first kappa shape index (κ1) is 13.5. The van der Waals surface area contributed by atoms with Crippen molar-refractivity contribution in [3.05, 3.63) is 12.2 Å². The standard InChI is InChI=1S/C14H25N3O/c1-14(2,3)11-6-4-5-7-12(11)15-9-8-13-16-10-18-17-13/h10-12,15H,4-9H2,1-3H3. The summed E-state index contributed by atoms with van der Waals surface area (Å²) in [5.74, 6) is 1.57. The van der Waals surface area contributed by atoms with Crippen molar-refractivity contribution in [2.75, 3.05) is 6.54 Å². The van der Waals surface area contributed by atoms with Crippen LogP contribution in [0.1, 0.15) is 52.3 Å². The second-order valence-corrected chi connectivity index (χ2v) is 6.42. The third-order valence-electron chi connectivity index (χ3n) is 4.04. The van der Waals surface area contributed by atoms with Crippen molar-refractivity contribution in [2.24, 2.45) is 11.3 Å². The van der Waals surface area contributed by atoms with Gasteiger partial charge in [0.05, 0.1) is 0 Å². The minimum absolute atomic E-state index is 0.393. The Hall–Kier alpha value is -0.900. The molecule has 1 fully saturated rings. The first-order valence-corrected chi connectivity index (χ1v) is 7.06. The van der Waals surface area contributed by atoms with E-state index in [0.717, 1.165) is 24.7 Å². The second kappa shape index (κ2) is 5.83. The van der Waals surface area contributed by atoms with E-state index in [1.807, 2.05) is 0 Å². The topological polar surface area (TPSA) is 51.0 Å². The zero-order valence-corrected chi connectivity index (χ0v) is 11.8. The quantitative estimate of drug-likeness (QED) is 0.894. The Bertz CT molecular complexity index is 342. The molecule has 1 saturated carbocycles. The lowest BCUT2D eigenvalue weighted by molar-refractivity contribution is 0.131. The van der Waals surface area contributed by atoms with E-state index in [2.05, 4.69) is 36.2 Å². The fourth-order valence-corrected chi connectivity index (χ4v) is 3.08. The molecule has 18 heavy (non-hydrogen) atoms. The highest BCUT2D eigenvalue weighted by Gasteiger charge is 2.33. The molecular formula is C14H25N3O. The summed E-state index contributed by atoms with van der Waals surface area (Å²) in [6.07, 6.45) is 7.63. The summed E-state index contributed by atoms with van der Waals surface area (Å²) in [5, 5.41) is 7.54. The van der Waals surface area contributed by atoms with E-state index in [9.17, 15) is 0 Å². The molecule has 0 amide bonds. The molecule has 0 radical (unpaired) electrons. The number of hydrogen-bond donors (Lipinski definition) is 1. The van der Waals surface area contributed by atoms with Crippen LogP contribution in [0.2, 0.25) is 0 Å². The maximum absolute atomic E-state index is 4.74. The van der Waals surface area contributed by atoms with Gasteiger partial charge in [0.2, 0.25) is 6.39 Å². The van der Waals surface area contributed by atoms with Crippen LogP contribution >= 0.6 is 0 Å². The average molecular weight is 251 g/mol. The predicted octanol–water partition coefficient (Wildman–Crippen LogP) is 2.81. The van der Waals surface area contributed by atoms with Crippen molar-refractivity contribution in [2.45, 2.75) is 58.9 Å². The van der Waals surface area contributed by atoms with E-state index >= 15 is 0 Å². The predicted molar refractivity (Wildman–Crippen MR) is 71.2 cm³/mol. The fraction of sp³-hybridized carbons (Fsp3) is 0.857. The van der Waals surface area contributed by atoms with Crippen molar-refractivity contribution in [3.63, 3.8) is 0 Å². The van der Waals surface area contributed by atoms with Crippen molar-refractivity contribution in [1.29, 1.82) is 0 Å². The number of hydrogen-bond acceptors (Lipinski definition) is 4. The zero-order chi connectivity index (χ0) is 13.0. The van der Waals surface area contributed by atoms with Crippen molar-refractivity contribution < 1.29 is 4.52 Å². The maximum atomic E-state index is 4.74. The van der Waals surface area contributed by atoms with Gasteiger partial charge >= 0.3 is 0 Å². The summed E-state index contributed by atoms with van der Waals surface area (Å²) in [6.45, 7) is 8.02. The number of nitrogens with zero attached hydrogens (tertiary/aromatic N) is 2. The molecule has 4 nitrogen and oxygen atoms in total.